The molecule has 24 heavy (non-hydrogen) atoms. The number of benzene rings is 1. The summed E-state index contributed by atoms with van der Waals surface area (Å²) >= 11 is 0. The van der Waals surface area contributed by atoms with Crippen molar-refractivity contribution >= 4 is 16.7 Å². The van der Waals surface area contributed by atoms with Gasteiger partial charge in [0.25, 0.3) is 11.5 Å². The number of hydrogen-bond acceptors (Lipinski definition) is 4. The predicted molar refractivity (Wildman–Crippen MR) is 92.3 cm³/mol. The zero-order valence-corrected chi connectivity index (χ0v) is 14.4. The maximum Gasteiger partial charge on any atom is 0.274 e. The Labute approximate surface area is 141 Å². The molecule has 1 unspecified atom stereocenters. The summed E-state index contributed by atoms with van der Waals surface area (Å²) in [4.78, 5) is 27.1. The van der Waals surface area contributed by atoms with Gasteiger partial charge >= 0.3 is 0 Å². The van der Waals surface area contributed by atoms with Crippen molar-refractivity contribution in [3.8, 4) is 0 Å². The minimum Gasteiger partial charge on any atom is -0.376 e. The van der Waals surface area contributed by atoms with Gasteiger partial charge in [-0.15, -0.1) is 0 Å². The van der Waals surface area contributed by atoms with Crippen molar-refractivity contribution in [2.24, 2.45) is 0 Å². The molecule has 2 heterocycles. The molecule has 6 nitrogen and oxygen atoms in total. The molecule has 0 aliphatic carbocycles. The molecule has 1 aliphatic rings. The third kappa shape index (κ3) is 3.06. The van der Waals surface area contributed by atoms with Crippen molar-refractivity contribution in [1.82, 2.24) is 14.7 Å². The zero-order valence-electron chi connectivity index (χ0n) is 14.4. The Morgan fingerprint density at radius 3 is 2.71 bits per heavy atom. The molecule has 128 valence electrons. The standard InChI is InChI=1S/C18H23N3O3/c1-12(2)21-17(22)15-9-5-4-8-14(15)16(19-21)18(23)20(3)11-13-7-6-10-24-13/h4-5,8-9,12-13H,6-7,10-11H2,1-3H3. The summed E-state index contributed by atoms with van der Waals surface area (Å²) < 4.78 is 6.99. The first-order valence-electron chi connectivity index (χ1n) is 8.37. The number of hydrogen-bond donors (Lipinski definition) is 0. The molecular formula is C18H23N3O3. The fourth-order valence-corrected chi connectivity index (χ4v) is 3.07. The Kier molecular flexibility index (Phi) is 4.66. The number of aromatic nitrogens is 2. The second-order valence-electron chi connectivity index (χ2n) is 6.56. The highest BCUT2D eigenvalue weighted by atomic mass is 16.5. The lowest BCUT2D eigenvalue weighted by Crippen LogP contribution is -2.36. The number of rotatable bonds is 4. The summed E-state index contributed by atoms with van der Waals surface area (Å²) in [6.07, 6.45) is 2.09. The van der Waals surface area contributed by atoms with E-state index in [2.05, 4.69) is 5.10 Å². The van der Waals surface area contributed by atoms with Crippen molar-refractivity contribution in [1.29, 1.82) is 0 Å². The van der Waals surface area contributed by atoms with Crippen LogP contribution in [0.3, 0.4) is 0 Å². The van der Waals surface area contributed by atoms with Crippen LogP contribution < -0.4 is 5.56 Å². The second kappa shape index (κ2) is 6.73. The Morgan fingerprint density at radius 2 is 2.08 bits per heavy atom. The van der Waals surface area contributed by atoms with Gasteiger partial charge in [0.2, 0.25) is 0 Å². The van der Waals surface area contributed by atoms with E-state index in [0.717, 1.165) is 19.4 Å². The maximum absolute atomic E-state index is 12.9. The summed E-state index contributed by atoms with van der Waals surface area (Å²) in [6, 6.07) is 7.03. The van der Waals surface area contributed by atoms with Crippen molar-refractivity contribution in [2.45, 2.75) is 38.8 Å². The van der Waals surface area contributed by atoms with E-state index < -0.39 is 0 Å². The molecule has 1 aromatic heterocycles. The summed E-state index contributed by atoms with van der Waals surface area (Å²) in [6.45, 7) is 5.06. The van der Waals surface area contributed by atoms with Gasteiger partial charge in [0, 0.05) is 25.6 Å². The van der Waals surface area contributed by atoms with Gasteiger partial charge in [-0.05, 0) is 32.8 Å². The number of likely N-dealkylation sites (N-methyl/N-ethyl adjacent to an activating group) is 1. The van der Waals surface area contributed by atoms with Crippen LogP contribution >= 0.6 is 0 Å². The second-order valence-corrected chi connectivity index (χ2v) is 6.56. The largest absolute Gasteiger partial charge is 0.376 e. The Hall–Kier alpha value is -2.21. The number of nitrogens with zero attached hydrogens (tertiary/aromatic N) is 3. The lowest BCUT2D eigenvalue weighted by molar-refractivity contribution is 0.0582. The van der Waals surface area contributed by atoms with Crippen LogP contribution in [0.1, 0.15) is 43.2 Å². The molecule has 1 aliphatic heterocycles. The van der Waals surface area contributed by atoms with Gasteiger partial charge in [-0.3, -0.25) is 9.59 Å². The molecule has 1 atom stereocenters. The molecule has 0 saturated carbocycles. The molecule has 3 rings (SSSR count). The third-order valence-electron chi connectivity index (χ3n) is 4.37. The van der Waals surface area contributed by atoms with E-state index in [-0.39, 0.29) is 23.6 Å². The first-order valence-corrected chi connectivity index (χ1v) is 8.37. The molecule has 0 bridgehead atoms. The quantitative estimate of drug-likeness (QED) is 0.863. The molecule has 1 amide bonds. The monoisotopic (exact) mass is 329 g/mol. The zero-order chi connectivity index (χ0) is 17.3. The molecule has 6 heteroatoms. The van der Waals surface area contributed by atoms with E-state index in [9.17, 15) is 9.59 Å². The normalized spacial score (nSPS) is 17.6. The van der Waals surface area contributed by atoms with E-state index >= 15 is 0 Å². The first-order chi connectivity index (χ1) is 11.5. The van der Waals surface area contributed by atoms with Crippen LogP contribution in [0.4, 0.5) is 0 Å². The summed E-state index contributed by atoms with van der Waals surface area (Å²) in [7, 11) is 1.76. The van der Waals surface area contributed by atoms with Gasteiger partial charge in [-0.2, -0.15) is 5.10 Å². The Morgan fingerprint density at radius 1 is 1.38 bits per heavy atom. The molecule has 0 N–H and O–H groups in total. The average Bonchev–Trinajstić information content (AvgIpc) is 3.07. The summed E-state index contributed by atoms with van der Waals surface area (Å²) in [5.74, 6) is -0.184. The number of ether oxygens (including phenoxy) is 1. The number of carbonyl (C=O) groups excluding carboxylic acids is 1. The van der Waals surface area contributed by atoms with E-state index in [1.165, 1.54) is 4.68 Å². The highest BCUT2D eigenvalue weighted by molar-refractivity contribution is 6.04. The minimum absolute atomic E-state index is 0.0845. The molecule has 1 fully saturated rings. The highest BCUT2D eigenvalue weighted by Gasteiger charge is 2.24. The van der Waals surface area contributed by atoms with Gasteiger partial charge < -0.3 is 9.64 Å². The summed E-state index contributed by atoms with van der Waals surface area (Å²) in [5.41, 5.74) is 0.151. The Bertz CT molecular complexity index is 807. The molecule has 1 saturated heterocycles. The fraction of sp³-hybridized carbons (Fsp3) is 0.500. The van der Waals surface area contributed by atoms with Crippen molar-refractivity contribution in [3.63, 3.8) is 0 Å². The van der Waals surface area contributed by atoms with Crippen molar-refractivity contribution < 1.29 is 9.53 Å². The molecule has 1 aromatic carbocycles. The fourth-order valence-electron chi connectivity index (χ4n) is 3.07. The lowest BCUT2D eigenvalue weighted by atomic mass is 10.1. The van der Waals surface area contributed by atoms with Gasteiger partial charge in [-0.25, -0.2) is 4.68 Å². The van der Waals surface area contributed by atoms with Crippen LogP contribution in [-0.4, -0.2) is 46.9 Å². The SMILES string of the molecule is CC(C)n1nc(C(=O)N(C)CC2CCCO2)c2ccccc2c1=O. The van der Waals surface area contributed by atoms with E-state index in [4.69, 9.17) is 4.74 Å². The lowest BCUT2D eigenvalue weighted by Gasteiger charge is -2.22. The minimum atomic E-state index is -0.184. The van der Waals surface area contributed by atoms with Crippen LogP contribution in [-0.2, 0) is 4.74 Å². The van der Waals surface area contributed by atoms with E-state index in [0.29, 0.717) is 23.0 Å². The number of fused-ring (bicyclic) bond motifs is 1. The van der Waals surface area contributed by atoms with Crippen LogP contribution in [0.15, 0.2) is 29.1 Å². The molecular weight excluding hydrogens is 306 g/mol. The maximum atomic E-state index is 12.9. The van der Waals surface area contributed by atoms with Crippen LogP contribution in [0.25, 0.3) is 10.8 Å². The van der Waals surface area contributed by atoms with Crippen molar-refractivity contribution in [2.75, 3.05) is 20.2 Å². The summed E-state index contributed by atoms with van der Waals surface area (Å²) in [5, 5.41) is 5.49. The third-order valence-corrected chi connectivity index (χ3v) is 4.37. The topological polar surface area (TPSA) is 64.4 Å². The molecule has 0 radical (unpaired) electrons. The van der Waals surface area contributed by atoms with Gasteiger partial charge in [-0.1, -0.05) is 18.2 Å². The van der Waals surface area contributed by atoms with Crippen molar-refractivity contribution in [3.05, 3.63) is 40.3 Å². The van der Waals surface area contributed by atoms with E-state index in [1.54, 1.807) is 30.1 Å². The highest BCUT2D eigenvalue weighted by Crippen LogP contribution is 2.18. The number of amides is 1. The van der Waals surface area contributed by atoms with Crippen LogP contribution in [0.2, 0.25) is 0 Å². The van der Waals surface area contributed by atoms with Crippen LogP contribution in [0.5, 0.6) is 0 Å². The van der Waals surface area contributed by atoms with E-state index in [1.807, 2.05) is 19.9 Å². The number of carbonyl (C=O) groups is 1. The first kappa shape index (κ1) is 16.6. The van der Waals surface area contributed by atoms with Crippen LogP contribution in [0, 0.1) is 0 Å². The molecule has 0 spiro atoms. The average molecular weight is 329 g/mol. The molecule has 2 aromatic rings. The van der Waals surface area contributed by atoms with Gasteiger partial charge in [0.15, 0.2) is 5.69 Å². The predicted octanol–water partition coefficient (Wildman–Crippen LogP) is 2.23. The smallest absolute Gasteiger partial charge is 0.274 e. The Balaban J connectivity index is 2.02. The van der Waals surface area contributed by atoms with Gasteiger partial charge in [0.05, 0.1) is 17.5 Å². The van der Waals surface area contributed by atoms with Gasteiger partial charge in [0.1, 0.15) is 0 Å².